The van der Waals surface area contributed by atoms with Crippen LogP contribution in [-0.4, -0.2) is 29.2 Å². The van der Waals surface area contributed by atoms with Gasteiger partial charge in [0.2, 0.25) is 10.0 Å². The number of nitrogens with one attached hydrogen (secondary N) is 1. The molecule has 0 amide bonds. The Balaban J connectivity index is 2.18. The molecule has 0 heterocycles. The largest absolute Gasteiger partial charge is 0.497 e. The van der Waals surface area contributed by atoms with E-state index in [0.717, 1.165) is 5.56 Å². The van der Waals surface area contributed by atoms with Crippen molar-refractivity contribution in [2.45, 2.75) is 11.0 Å². The molecule has 0 aliphatic heterocycles. The summed E-state index contributed by atoms with van der Waals surface area (Å²) >= 11 is 11.8. The molecule has 24 heavy (non-hydrogen) atoms. The van der Waals surface area contributed by atoms with E-state index in [1.165, 1.54) is 25.3 Å². The molecule has 0 aliphatic rings. The molecule has 0 saturated carbocycles. The lowest BCUT2D eigenvalue weighted by Gasteiger charge is -2.17. The van der Waals surface area contributed by atoms with Crippen molar-refractivity contribution in [2.24, 2.45) is 0 Å². The Morgan fingerprint density at radius 1 is 1.12 bits per heavy atom. The number of hydrogen-bond acceptors (Lipinski definition) is 4. The number of hydrogen-bond donors (Lipinski definition) is 1. The summed E-state index contributed by atoms with van der Waals surface area (Å²) in [6, 6.07) is 11.5. The molecule has 1 N–H and O–H groups in total. The summed E-state index contributed by atoms with van der Waals surface area (Å²) in [5, 5.41) is 0.387. The Morgan fingerprint density at radius 3 is 2.54 bits per heavy atom. The van der Waals surface area contributed by atoms with Gasteiger partial charge in [0.1, 0.15) is 10.6 Å². The third-order valence-electron chi connectivity index (χ3n) is 3.39. The third kappa shape index (κ3) is 4.62. The van der Waals surface area contributed by atoms with Crippen LogP contribution in [0.15, 0.2) is 47.4 Å². The fraction of sp³-hybridized carbons (Fsp3) is 0.250. The summed E-state index contributed by atoms with van der Waals surface area (Å²) in [5.41, 5.74) is 0.789. The average Bonchev–Trinajstić information content (AvgIpc) is 2.57. The zero-order valence-electron chi connectivity index (χ0n) is 13.1. The van der Waals surface area contributed by atoms with Gasteiger partial charge in [-0.15, -0.1) is 0 Å². The molecule has 2 aromatic rings. The van der Waals surface area contributed by atoms with Gasteiger partial charge in [0.15, 0.2) is 0 Å². The van der Waals surface area contributed by atoms with Crippen molar-refractivity contribution in [2.75, 3.05) is 20.8 Å². The van der Waals surface area contributed by atoms with Gasteiger partial charge in [-0.3, -0.25) is 0 Å². The molecular formula is C16H17Cl2NO4S. The second-order valence-electron chi connectivity index (χ2n) is 4.93. The first-order valence-corrected chi connectivity index (χ1v) is 9.22. The van der Waals surface area contributed by atoms with Crippen molar-refractivity contribution in [3.63, 3.8) is 0 Å². The molecule has 0 fully saturated rings. The van der Waals surface area contributed by atoms with Gasteiger partial charge >= 0.3 is 0 Å². The minimum Gasteiger partial charge on any atom is -0.497 e. The molecule has 0 saturated heterocycles. The first-order chi connectivity index (χ1) is 11.4. The Labute approximate surface area is 151 Å². The van der Waals surface area contributed by atoms with E-state index in [1.807, 2.05) is 12.1 Å². The fourth-order valence-corrected chi connectivity index (χ4v) is 3.92. The van der Waals surface area contributed by atoms with E-state index >= 15 is 0 Å². The number of halogens is 2. The van der Waals surface area contributed by atoms with Crippen molar-refractivity contribution in [1.82, 2.24) is 4.72 Å². The summed E-state index contributed by atoms with van der Waals surface area (Å²) in [7, 11) is -0.755. The molecule has 8 heteroatoms. The highest BCUT2D eigenvalue weighted by molar-refractivity contribution is 7.89. The smallest absolute Gasteiger partial charge is 0.242 e. The third-order valence-corrected chi connectivity index (χ3v) is 5.53. The molecule has 0 aromatic heterocycles. The van der Waals surface area contributed by atoms with Crippen LogP contribution in [-0.2, 0) is 14.8 Å². The van der Waals surface area contributed by atoms with Crippen LogP contribution in [0.3, 0.4) is 0 Å². The maximum Gasteiger partial charge on any atom is 0.242 e. The van der Waals surface area contributed by atoms with Crippen molar-refractivity contribution in [1.29, 1.82) is 0 Å². The molecule has 0 spiro atoms. The summed E-state index contributed by atoms with van der Waals surface area (Å²) in [5.74, 6) is 0.662. The first kappa shape index (κ1) is 19.0. The maximum atomic E-state index is 12.4. The van der Waals surface area contributed by atoms with E-state index in [0.29, 0.717) is 5.75 Å². The molecule has 2 rings (SSSR count). The number of methoxy groups -OCH3 is 2. The maximum absolute atomic E-state index is 12.4. The Hall–Kier alpha value is -1.31. The quantitative estimate of drug-likeness (QED) is 0.784. The highest BCUT2D eigenvalue weighted by Crippen LogP contribution is 2.26. The summed E-state index contributed by atoms with van der Waals surface area (Å²) in [6.07, 6.45) is -0.479. The van der Waals surface area contributed by atoms with E-state index in [4.69, 9.17) is 32.7 Å². The summed E-state index contributed by atoms with van der Waals surface area (Å²) in [4.78, 5) is -0.0721. The summed E-state index contributed by atoms with van der Waals surface area (Å²) in [6.45, 7) is 0.0366. The van der Waals surface area contributed by atoms with Crippen LogP contribution in [0.1, 0.15) is 11.7 Å². The van der Waals surface area contributed by atoms with Crippen molar-refractivity contribution >= 4 is 33.2 Å². The number of sulfonamides is 1. The highest BCUT2D eigenvalue weighted by Gasteiger charge is 2.21. The Bertz CT molecular complexity index is 811. The van der Waals surface area contributed by atoms with Crippen LogP contribution in [0.25, 0.3) is 0 Å². The average molecular weight is 390 g/mol. The molecule has 1 unspecified atom stereocenters. The Morgan fingerprint density at radius 2 is 1.88 bits per heavy atom. The minimum atomic E-state index is -3.82. The molecule has 1 atom stereocenters. The van der Waals surface area contributed by atoms with Gasteiger partial charge in [-0.2, -0.15) is 0 Å². The molecule has 2 aromatic carbocycles. The van der Waals surface area contributed by atoms with E-state index in [1.54, 1.807) is 19.2 Å². The topological polar surface area (TPSA) is 64.6 Å². The van der Waals surface area contributed by atoms with Crippen LogP contribution in [0, 0.1) is 0 Å². The van der Waals surface area contributed by atoms with E-state index in [-0.39, 0.29) is 21.5 Å². The normalized spacial score (nSPS) is 12.8. The van der Waals surface area contributed by atoms with Crippen molar-refractivity contribution in [3.8, 4) is 5.75 Å². The SMILES string of the molecule is COc1cccc(C(CNS(=O)(=O)c2cc(Cl)ccc2Cl)OC)c1. The minimum absolute atomic E-state index is 0.0366. The number of rotatable bonds is 7. The van der Waals surface area contributed by atoms with Gasteiger partial charge in [0.05, 0.1) is 18.2 Å². The predicted molar refractivity (Wildman–Crippen MR) is 94.4 cm³/mol. The van der Waals surface area contributed by atoms with E-state index in [2.05, 4.69) is 4.72 Å². The summed E-state index contributed by atoms with van der Waals surface area (Å²) < 4.78 is 37.9. The van der Waals surface area contributed by atoms with Gasteiger partial charge in [0.25, 0.3) is 0 Å². The van der Waals surface area contributed by atoms with Crippen LogP contribution in [0.5, 0.6) is 5.75 Å². The number of benzene rings is 2. The monoisotopic (exact) mass is 389 g/mol. The van der Waals surface area contributed by atoms with Crippen molar-refractivity contribution < 1.29 is 17.9 Å². The van der Waals surface area contributed by atoms with Gasteiger partial charge in [-0.1, -0.05) is 35.3 Å². The lowest BCUT2D eigenvalue weighted by Crippen LogP contribution is -2.29. The molecule has 5 nitrogen and oxygen atoms in total. The lowest BCUT2D eigenvalue weighted by atomic mass is 10.1. The molecule has 130 valence electrons. The van der Waals surface area contributed by atoms with E-state index < -0.39 is 16.1 Å². The fourth-order valence-electron chi connectivity index (χ4n) is 2.13. The highest BCUT2D eigenvalue weighted by atomic mass is 35.5. The van der Waals surface area contributed by atoms with Crippen molar-refractivity contribution in [3.05, 3.63) is 58.1 Å². The van der Waals surface area contributed by atoms with Gasteiger partial charge in [-0.25, -0.2) is 13.1 Å². The number of ether oxygens (including phenoxy) is 2. The standard InChI is InChI=1S/C16H17Cl2NO4S/c1-22-13-5-3-4-11(8-13)15(23-2)10-19-24(20,21)16-9-12(17)6-7-14(16)18/h3-9,15,19H,10H2,1-2H3. The molecule has 0 radical (unpaired) electrons. The van der Waals surface area contributed by atoms with Gasteiger partial charge < -0.3 is 9.47 Å². The van der Waals surface area contributed by atoms with Gasteiger partial charge in [0, 0.05) is 18.7 Å². The molecular weight excluding hydrogens is 373 g/mol. The van der Waals surface area contributed by atoms with Crippen LogP contribution in [0.2, 0.25) is 10.0 Å². The lowest BCUT2D eigenvalue weighted by molar-refractivity contribution is 0.107. The zero-order valence-corrected chi connectivity index (χ0v) is 15.5. The molecule has 0 aliphatic carbocycles. The van der Waals surface area contributed by atoms with Crippen LogP contribution in [0.4, 0.5) is 0 Å². The Kier molecular flexibility index (Phi) is 6.48. The predicted octanol–water partition coefficient (Wildman–Crippen LogP) is 3.67. The first-order valence-electron chi connectivity index (χ1n) is 6.99. The van der Waals surface area contributed by atoms with E-state index in [9.17, 15) is 8.42 Å². The van der Waals surface area contributed by atoms with Crippen LogP contribution >= 0.6 is 23.2 Å². The van der Waals surface area contributed by atoms with Crippen LogP contribution < -0.4 is 9.46 Å². The van der Waals surface area contributed by atoms with Gasteiger partial charge in [-0.05, 0) is 35.9 Å². The second kappa shape index (κ2) is 8.18. The molecule has 0 bridgehead atoms. The zero-order chi connectivity index (χ0) is 17.7. The second-order valence-corrected chi connectivity index (χ2v) is 7.51.